The van der Waals surface area contributed by atoms with Gasteiger partial charge in [0, 0.05) is 24.1 Å². The number of nitrogens with zero attached hydrogens (tertiary/aromatic N) is 5. The van der Waals surface area contributed by atoms with E-state index >= 15 is 4.39 Å². The van der Waals surface area contributed by atoms with Crippen LogP contribution in [0, 0.1) is 19.3 Å². The molecule has 0 radical (unpaired) electrons. The molecular weight excluding hydrogens is 453 g/mol. The third kappa shape index (κ3) is 3.47. The zero-order valence-corrected chi connectivity index (χ0v) is 19.2. The third-order valence-electron chi connectivity index (χ3n) is 6.31. The van der Waals surface area contributed by atoms with Crippen LogP contribution in [0.1, 0.15) is 30.4 Å². The standard InChI is InChI=1S/C25H20FN5O2S/c1-16-12-19(14-29-22(16)27-2)30-23(32)25(8-3-9-25)31(24(30)34)18-4-5-21(20(26)13-18)33-15-17-6-10-28-11-7-17/h4-7,10-14H,3,8-9,15H2,1H3. The number of carbonyl (C=O) groups excluding carboxylic acids is 1. The summed E-state index contributed by atoms with van der Waals surface area (Å²) in [5.74, 6) is -0.292. The van der Waals surface area contributed by atoms with Gasteiger partial charge in [-0.25, -0.2) is 4.39 Å². The summed E-state index contributed by atoms with van der Waals surface area (Å²) in [5, 5.41) is 0.270. The Morgan fingerprint density at radius 2 is 1.97 bits per heavy atom. The molecule has 9 heteroatoms. The van der Waals surface area contributed by atoms with E-state index in [1.54, 1.807) is 54.5 Å². The number of pyridine rings is 2. The number of amides is 1. The number of benzene rings is 1. The van der Waals surface area contributed by atoms with E-state index in [0.29, 0.717) is 29.8 Å². The molecule has 2 fully saturated rings. The van der Waals surface area contributed by atoms with Gasteiger partial charge in [-0.05, 0) is 79.9 Å². The van der Waals surface area contributed by atoms with Crippen molar-refractivity contribution < 1.29 is 13.9 Å². The summed E-state index contributed by atoms with van der Waals surface area (Å²) in [6.45, 7) is 9.19. The van der Waals surface area contributed by atoms with Gasteiger partial charge in [0.25, 0.3) is 11.7 Å². The SMILES string of the molecule is [C-]#[N+]c1ncc(N2C(=O)C3(CCC3)N(c3ccc(OCc4ccncc4)c(F)c3)C2=S)cc1C. The molecule has 1 saturated heterocycles. The van der Waals surface area contributed by atoms with Crippen LogP contribution in [-0.4, -0.2) is 26.5 Å². The van der Waals surface area contributed by atoms with Crippen molar-refractivity contribution >= 4 is 40.4 Å². The molecule has 0 N–H and O–H groups in total. The van der Waals surface area contributed by atoms with Crippen LogP contribution >= 0.6 is 12.2 Å². The number of rotatable bonds is 5. The predicted molar refractivity (Wildman–Crippen MR) is 129 cm³/mol. The number of carbonyl (C=O) groups is 1. The van der Waals surface area contributed by atoms with E-state index in [1.165, 1.54) is 17.2 Å². The number of aryl methyl sites for hydroxylation is 1. The quantitative estimate of drug-likeness (QED) is 0.379. The summed E-state index contributed by atoms with van der Waals surface area (Å²) in [4.78, 5) is 28.3. The number of hydrogen-bond donors (Lipinski definition) is 0. The first-order valence-electron chi connectivity index (χ1n) is 10.8. The van der Waals surface area contributed by atoms with E-state index in [1.807, 2.05) is 0 Å². The van der Waals surface area contributed by atoms with Crippen LogP contribution in [0.5, 0.6) is 5.75 Å². The molecule has 1 saturated carbocycles. The molecule has 34 heavy (non-hydrogen) atoms. The molecule has 2 aromatic heterocycles. The lowest BCUT2D eigenvalue weighted by molar-refractivity contribution is -0.123. The topological polar surface area (TPSA) is 62.9 Å². The van der Waals surface area contributed by atoms with Gasteiger partial charge in [-0.2, -0.15) is 0 Å². The van der Waals surface area contributed by atoms with Gasteiger partial charge >= 0.3 is 0 Å². The van der Waals surface area contributed by atoms with E-state index in [9.17, 15) is 4.79 Å². The number of hydrogen-bond acceptors (Lipinski definition) is 5. The highest BCUT2D eigenvalue weighted by molar-refractivity contribution is 7.81. The van der Waals surface area contributed by atoms with E-state index in [2.05, 4.69) is 14.8 Å². The zero-order valence-electron chi connectivity index (χ0n) is 18.4. The normalized spacial score (nSPS) is 16.5. The molecule has 1 aliphatic carbocycles. The Morgan fingerprint density at radius 3 is 2.59 bits per heavy atom. The molecule has 5 rings (SSSR count). The number of thiocarbonyl (C=S) groups is 1. The highest BCUT2D eigenvalue weighted by Gasteiger charge is 2.59. The highest BCUT2D eigenvalue weighted by Crippen LogP contribution is 2.48. The molecule has 0 unspecified atom stereocenters. The molecule has 0 atom stereocenters. The molecule has 0 bridgehead atoms. The second kappa shape index (κ2) is 8.47. The smallest absolute Gasteiger partial charge is 0.272 e. The maximum Gasteiger partial charge on any atom is 0.272 e. The maximum absolute atomic E-state index is 15.0. The van der Waals surface area contributed by atoms with E-state index in [-0.39, 0.29) is 29.2 Å². The maximum atomic E-state index is 15.0. The minimum absolute atomic E-state index is 0.117. The minimum Gasteiger partial charge on any atom is -0.486 e. The largest absolute Gasteiger partial charge is 0.486 e. The second-order valence-electron chi connectivity index (χ2n) is 8.35. The van der Waals surface area contributed by atoms with Gasteiger partial charge in [0.15, 0.2) is 16.7 Å². The van der Waals surface area contributed by atoms with E-state index in [4.69, 9.17) is 23.5 Å². The molecular formula is C25H20FN5O2S. The Hall–Kier alpha value is -3.90. The second-order valence-corrected chi connectivity index (χ2v) is 8.71. The molecule has 3 heterocycles. The molecule has 170 valence electrons. The lowest BCUT2D eigenvalue weighted by Gasteiger charge is -2.43. The third-order valence-corrected chi connectivity index (χ3v) is 6.68. The molecule has 1 spiro atoms. The summed E-state index contributed by atoms with van der Waals surface area (Å²) in [6, 6.07) is 9.98. The van der Waals surface area contributed by atoms with Crippen molar-refractivity contribution in [1.29, 1.82) is 0 Å². The van der Waals surface area contributed by atoms with Crippen molar-refractivity contribution in [2.75, 3.05) is 9.80 Å². The van der Waals surface area contributed by atoms with Gasteiger partial charge in [0.2, 0.25) is 0 Å². The fourth-order valence-electron chi connectivity index (χ4n) is 4.39. The number of aromatic nitrogens is 2. The van der Waals surface area contributed by atoms with Crippen LogP contribution in [-0.2, 0) is 11.4 Å². The summed E-state index contributed by atoms with van der Waals surface area (Å²) < 4.78 is 20.7. The minimum atomic E-state index is -0.838. The molecule has 2 aliphatic rings. The number of anilines is 2. The van der Waals surface area contributed by atoms with Crippen molar-refractivity contribution in [3.63, 3.8) is 0 Å². The van der Waals surface area contributed by atoms with Gasteiger partial charge in [-0.1, -0.05) is 6.57 Å². The van der Waals surface area contributed by atoms with E-state index in [0.717, 1.165) is 12.0 Å². The van der Waals surface area contributed by atoms with E-state index < -0.39 is 11.4 Å². The van der Waals surface area contributed by atoms with Crippen molar-refractivity contribution in [2.24, 2.45) is 0 Å². The van der Waals surface area contributed by atoms with Crippen molar-refractivity contribution in [2.45, 2.75) is 38.3 Å². The monoisotopic (exact) mass is 473 g/mol. The Bertz CT molecular complexity index is 1340. The van der Waals surface area contributed by atoms with Gasteiger partial charge in [0.1, 0.15) is 18.3 Å². The van der Waals surface area contributed by atoms with Gasteiger partial charge < -0.3 is 14.5 Å². The average molecular weight is 474 g/mol. The predicted octanol–water partition coefficient (Wildman–Crippen LogP) is 5.11. The Morgan fingerprint density at radius 1 is 1.21 bits per heavy atom. The van der Waals surface area contributed by atoms with Crippen molar-refractivity contribution in [3.8, 4) is 5.75 Å². The Labute approximate surface area is 201 Å². The molecule has 3 aromatic rings. The Balaban J connectivity index is 1.45. The first kappa shape index (κ1) is 21.9. The van der Waals surface area contributed by atoms with Crippen LogP contribution in [0.4, 0.5) is 21.6 Å². The summed E-state index contributed by atoms with van der Waals surface area (Å²) >= 11 is 5.73. The van der Waals surface area contributed by atoms with Crippen molar-refractivity contribution in [3.05, 3.63) is 83.4 Å². The molecule has 1 aromatic carbocycles. The summed E-state index contributed by atoms with van der Waals surface area (Å²) in [6.07, 6.45) is 6.91. The van der Waals surface area contributed by atoms with Gasteiger partial charge in [-0.3, -0.25) is 14.7 Å². The van der Waals surface area contributed by atoms with Crippen LogP contribution in [0.25, 0.3) is 4.85 Å². The number of halogens is 1. The fourth-order valence-corrected chi connectivity index (χ4v) is 4.85. The van der Waals surface area contributed by atoms with Crippen LogP contribution in [0.15, 0.2) is 55.0 Å². The van der Waals surface area contributed by atoms with Gasteiger partial charge in [-0.15, -0.1) is 4.98 Å². The zero-order chi connectivity index (χ0) is 23.9. The fraction of sp³-hybridized carbons (Fsp3) is 0.240. The lowest BCUT2D eigenvalue weighted by atomic mass is 9.75. The Kier molecular flexibility index (Phi) is 5.46. The lowest BCUT2D eigenvalue weighted by Crippen LogP contribution is -2.55. The molecule has 1 aliphatic heterocycles. The molecule has 1 amide bonds. The molecule has 7 nitrogen and oxygen atoms in total. The first-order chi connectivity index (χ1) is 16.4. The summed E-state index contributed by atoms with van der Waals surface area (Å²) in [7, 11) is 0. The average Bonchev–Trinajstić information content (AvgIpc) is 3.05. The van der Waals surface area contributed by atoms with Crippen LogP contribution in [0.3, 0.4) is 0 Å². The summed E-state index contributed by atoms with van der Waals surface area (Å²) in [5.41, 5.74) is 1.70. The van der Waals surface area contributed by atoms with Crippen LogP contribution < -0.4 is 14.5 Å². The van der Waals surface area contributed by atoms with Crippen molar-refractivity contribution in [1.82, 2.24) is 9.97 Å². The number of ether oxygens (including phenoxy) is 1. The van der Waals surface area contributed by atoms with Crippen LogP contribution in [0.2, 0.25) is 0 Å². The van der Waals surface area contributed by atoms with Gasteiger partial charge in [0.05, 0.1) is 5.69 Å². The highest BCUT2D eigenvalue weighted by atomic mass is 32.1. The first-order valence-corrected chi connectivity index (χ1v) is 11.2.